The van der Waals surface area contributed by atoms with Crippen LogP contribution in [-0.4, -0.2) is 103 Å². The van der Waals surface area contributed by atoms with Crippen molar-refractivity contribution in [2.45, 2.75) is 31.7 Å². The molecule has 266 valence electrons. The molecule has 4 aromatic heterocycles. The summed E-state index contributed by atoms with van der Waals surface area (Å²) in [5.41, 5.74) is 7.95. The quantitative estimate of drug-likeness (QED) is 0.177. The van der Waals surface area contributed by atoms with Crippen LogP contribution in [0.25, 0.3) is 33.2 Å². The van der Waals surface area contributed by atoms with Crippen LogP contribution >= 0.6 is 8.46 Å². The molecule has 2 fully saturated rings. The number of rotatable bonds is 8. The Hall–Kier alpha value is -5.17. The number of fused-ring (bicyclic) bond motifs is 3. The Morgan fingerprint density at radius 3 is 2.62 bits per heavy atom. The summed E-state index contributed by atoms with van der Waals surface area (Å²) in [4.78, 5) is 29.6. The minimum absolute atomic E-state index is 0.175. The van der Waals surface area contributed by atoms with Gasteiger partial charge in [0.25, 0.3) is 0 Å². The standard InChI is InChI=1S/C37H41N12O2P/c1-46-15-17-48(18-16-46)24-8-13-49(14-9-24)32-25-4-3-19-51-33(25)30(20-27(32)23-21-41-47(2)22-23)43-37-44-35-26(7-10-40-35)36(45-37)42-29-6-5-28-31(34(29)52-50)39-12-11-38-28/h5-7,10-12,20-22,24H,3-4,8-9,13-19H2,1-2H3,(H3,40,42,43,44,45). The van der Waals surface area contributed by atoms with Crippen LogP contribution in [0.4, 0.5) is 28.8 Å². The molecule has 52 heavy (non-hydrogen) atoms. The predicted octanol–water partition coefficient (Wildman–Crippen LogP) is 5.25. The summed E-state index contributed by atoms with van der Waals surface area (Å²) in [6, 6.07) is 8.42. The van der Waals surface area contributed by atoms with Crippen molar-refractivity contribution in [3.8, 4) is 16.9 Å². The number of H-pyrrole nitrogens is 1. The molecule has 0 radical (unpaired) electrons. The van der Waals surface area contributed by atoms with Gasteiger partial charge in [-0.15, -0.1) is 0 Å². The predicted molar refractivity (Wildman–Crippen MR) is 204 cm³/mol. The Morgan fingerprint density at radius 2 is 1.81 bits per heavy atom. The van der Waals surface area contributed by atoms with E-state index in [2.05, 4.69) is 64.7 Å². The van der Waals surface area contributed by atoms with Crippen LogP contribution in [-0.2, 0) is 18.0 Å². The molecule has 0 atom stereocenters. The lowest BCUT2D eigenvalue weighted by atomic mass is 9.92. The van der Waals surface area contributed by atoms with E-state index in [4.69, 9.17) is 14.7 Å². The fourth-order valence-corrected chi connectivity index (χ4v) is 8.45. The maximum absolute atomic E-state index is 12.4. The first-order valence-corrected chi connectivity index (χ1v) is 18.8. The molecular formula is C37H41N12O2P. The van der Waals surface area contributed by atoms with Gasteiger partial charge in [-0.05, 0) is 57.0 Å². The van der Waals surface area contributed by atoms with E-state index < -0.39 is 0 Å². The van der Waals surface area contributed by atoms with Crippen molar-refractivity contribution >= 4 is 64.7 Å². The molecule has 0 unspecified atom stereocenters. The molecule has 0 bridgehead atoms. The second-order valence-corrected chi connectivity index (χ2v) is 14.5. The summed E-state index contributed by atoms with van der Waals surface area (Å²) in [6.45, 7) is 7.21. The van der Waals surface area contributed by atoms with Crippen LogP contribution in [0.5, 0.6) is 5.75 Å². The molecule has 2 saturated heterocycles. The molecule has 0 amide bonds. The number of piperidine rings is 1. The SMILES string of the molecule is CN1CCN(C2CCN(c3c(-c4cnn(C)c4)cc(Nc4nc(Nc5ccc6nccnc6c5P=O)c5cc[nH]c5n4)c4c3CCCO4)CC2)CC1. The van der Waals surface area contributed by atoms with Crippen LogP contribution in [0.2, 0.25) is 0 Å². The highest BCUT2D eigenvalue weighted by Gasteiger charge is 2.32. The maximum Gasteiger partial charge on any atom is 0.231 e. The van der Waals surface area contributed by atoms with Gasteiger partial charge in [0.05, 0.1) is 46.1 Å². The Labute approximate surface area is 302 Å². The highest BCUT2D eigenvalue weighted by molar-refractivity contribution is 7.35. The number of ether oxygens (including phenoxy) is 1. The second kappa shape index (κ2) is 13.8. The molecular weight excluding hydrogens is 675 g/mol. The molecule has 14 nitrogen and oxygen atoms in total. The van der Waals surface area contributed by atoms with Gasteiger partial charge < -0.3 is 30.2 Å². The van der Waals surface area contributed by atoms with Crippen LogP contribution in [0.3, 0.4) is 0 Å². The van der Waals surface area contributed by atoms with Gasteiger partial charge in [-0.25, -0.2) is 0 Å². The molecule has 0 saturated carbocycles. The number of hydrogen-bond donors (Lipinski definition) is 3. The molecule has 6 aromatic rings. The number of aryl methyl sites for hydroxylation is 1. The van der Waals surface area contributed by atoms with E-state index in [9.17, 15) is 4.57 Å². The van der Waals surface area contributed by atoms with Crippen LogP contribution < -0.4 is 25.6 Å². The highest BCUT2D eigenvalue weighted by Crippen LogP contribution is 2.47. The third-order valence-electron chi connectivity index (χ3n) is 10.6. The minimum Gasteiger partial charge on any atom is -0.491 e. The van der Waals surface area contributed by atoms with Gasteiger partial charge in [-0.3, -0.25) is 24.1 Å². The first-order chi connectivity index (χ1) is 25.5. The number of aromatic amines is 1. The fraction of sp³-hybridized carbons (Fsp3) is 0.378. The Bertz CT molecular complexity index is 2270. The number of nitrogens with one attached hydrogen (secondary N) is 3. The zero-order valence-electron chi connectivity index (χ0n) is 29.3. The number of aromatic nitrogens is 7. The molecule has 0 spiro atoms. The number of likely N-dealkylation sites (N-methyl/N-ethyl adjacent to an activating group) is 1. The lowest BCUT2D eigenvalue weighted by molar-refractivity contribution is 0.0982. The third-order valence-corrected chi connectivity index (χ3v) is 11.3. The summed E-state index contributed by atoms with van der Waals surface area (Å²) >= 11 is 0. The molecule has 0 aliphatic carbocycles. The molecule has 2 aromatic carbocycles. The van der Waals surface area contributed by atoms with E-state index in [1.165, 1.54) is 11.3 Å². The van der Waals surface area contributed by atoms with Crippen molar-refractivity contribution in [1.29, 1.82) is 0 Å². The van der Waals surface area contributed by atoms with E-state index in [0.717, 1.165) is 92.9 Å². The summed E-state index contributed by atoms with van der Waals surface area (Å²) in [5.74, 6) is 1.80. The van der Waals surface area contributed by atoms with Crippen LogP contribution in [0.1, 0.15) is 24.8 Å². The van der Waals surface area contributed by atoms with Crippen molar-refractivity contribution in [2.24, 2.45) is 7.05 Å². The van der Waals surface area contributed by atoms with E-state index in [-0.39, 0.29) is 8.46 Å². The molecule has 3 N–H and O–H groups in total. The topological polar surface area (TPSA) is 145 Å². The third kappa shape index (κ3) is 6.10. The van der Waals surface area contributed by atoms with Gasteiger partial charge in [0, 0.05) is 93.8 Å². The average Bonchev–Trinajstić information content (AvgIpc) is 3.84. The fourth-order valence-electron chi connectivity index (χ4n) is 7.96. The van der Waals surface area contributed by atoms with E-state index in [1.54, 1.807) is 12.4 Å². The number of hydrogen-bond acceptors (Lipinski definition) is 12. The molecule has 15 heteroatoms. The van der Waals surface area contributed by atoms with Gasteiger partial charge in [0.1, 0.15) is 22.7 Å². The van der Waals surface area contributed by atoms with Gasteiger partial charge in [-0.2, -0.15) is 15.1 Å². The molecule has 7 heterocycles. The average molecular weight is 717 g/mol. The smallest absolute Gasteiger partial charge is 0.231 e. The Kier molecular flexibility index (Phi) is 8.65. The van der Waals surface area contributed by atoms with Gasteiger partial charge in [-0.1, -0.05) is 0 Å². The normalized spacial score (nSPS) is 17.5. The zero-order valence-corrected chi connectivity index (χ0v) is 30.2. The monoisotopic (exact) mass is 716 g/mol. The van der Waals surface area contributed by atoms with Crippen LogP contribution in [0, 0.1) is 0 Å². The van der Waals surface area contributed by atoms with E-state index >= 15 is 0 Å². The summed E-state index contributed by atoms with van der Waals surface area (Å²) in [5, 5.41) is 12.8. The zero-order chi connectivity index (χ0) is 35.2. The molecule has 9 rings (SSSR count). The molecule has 3 aliphatic rings. The first kappa shape index (κ1) is 32.7. The number of piperazine rings is 1. The van der Waals surface area contributed by atoms with Crippen molar-refractivity contribution in [1.82, 2.24) is 44.5 Å². The Morgan fingerprint density at radius 1 is 0.962 bits per heavy atom. The van der Waals surface area contributed by atoms with Crippen LogP contribution in [0.15, 0.2) is 55.2 Å². The highest BCUT2D eigenvalue weighted by atomic mass is 31.1. The number of anilines is 5. The largest absolute Gasteiger partial charge is 0.491 e. The molecule has 3 aliphatic heterocycles. The van der Waals surface area contributed by atoms with Gasteiger partial charge >= 0.3 is 0 Å². The summed E-state index contributed by atoms with van der Waals surface area (Å²) < 4.78 is 20.7. The van der Waals surface area contributed by atoms with Gasteiger partial charge in [0.2, 0.25) is 5.95 Å². The van der Waals surface area contributed by atoms with Gasteiger partial charge in [0.15, 0.2) is 8.46 Å². The maximum atomic E-state index is 12.4. The Balaban J connectivity index is 1.08. The number of nitrogens with zero attached hydrogens (tertiary/aromatic N) is 9. The van der Waals surface area contributed by atoms with Crippen molar-refractivity contribution in [2.75, 3.05) is 68.5 Å². The lowest BCUT2D eigenvalue weighted by Crippen LogP contribution is -2.52. The number of benzene rings is 2. The van der Waals surface area contributed by atoms with E-state index in [0.29, 0.717) is 52.1 Å². The second-order valence-electron chi connectivity index (χ2n) is 13.9. The van der Waals surface area contributed by atoms with Crippen molar-refractivity contribution < 1.29 is 9.30 Å². The minimum atomic E-state index is -0.175. The van der Waals surface area contributed by atoms with Crippen molar-refractivity contribution in [3.05, 3.63) is 60.8 Å². The van der Waals surface area contributed by atoms with Crippen molar-refractivity contribution in [3.63, 3.8) is 0 Å². The summed E-state index contributed by atoms with van der Waals surface area (Å²) in [7, 11) is 4.00. The lowest BCUT2D eigenvalue weighted by Gasteiger charge is -2.43. The van der Waals surface area contributed by atoms with E-state index in [1.807, 2.05) is 42.3 Å². The first-order valence-electron chi connectivity index (χ1n) is 18.0. The summed E-state index contributed by atoms with van der Waals surface area (Å²) in [6.07, 6.45) is 13.2.